The van der Waals surface area contributed by atoms with E-state index in [0.29, 0.717) is 12.8 Å². The highest BCUT2D eigenvalue weighted by Crippen LogP contribution is 2.15. The molecule has 6 heteroatoms. The van der Waals surface area contributed by atoms with E-state index in [4.69, 9.17) is 14.2 Å². The smallest absolute Gasteiger partial charge is 0.310 e. The summed E-state index contributed by atoms with van der Waals surface area (Å²) in [7, 11) is 0. The fourth-order valence-corrected chi connectivity index (χ4v) is 7.76. The van der Waals surface area contributed by atoms with Crippen molar-refractivity contribution in [2.75, 3.05) is 13.2 Å². The fraction of sp³-hybridized carbons (Fsp3) is 0.698. The molecule has 0 saturated heterocycles. The van der Waals surface area contributed by atoms with Gasteiger partial charge in [-0.1, -0.05) is 246 Å². The van der Waals surface area contributed by atoms with Crippen LogP contribution in [0.1, 0.15) is 265 Å². The van der Waals surface area contributed by atoms with E-state index in [2.05, 4.69) is 106 Å². The van der Waals surface area contributed by atoms with Crippen LogP contribution in [-0.2, 0) is 28.6 Å². The molecule has 0 radical (unpaired) electrons. The molecule has 0 heterocycles. The highest BCUT2D eigenvalue weighted by molar-refractivity contribution is 5.72. The number of hydrogen-bond acceptors (Lipinski definition) is 6. The number of unbranched alkanes of at least 4 members (excludes halogenated alkanes) is 25. The van der Waals surface area contributed by atoms with E-state index in [0.717, 1.165) is 89.9 Å². The summed E-state index contributed by atoms with van der Waals surface area (Å²) < 4.78 is 16.7. The lowest BCUT2D eigenvalue weighted by atomic mass is 10.0. The Labute approximate surface area is 426 Å². The predicted molar refractivity (Wildman–Crippen MR) is 297 cm³/mol. The third kappa shape index (κ3) is 55.1. The zero-order chi connectivity index (χ0) is 50.0. The molecule has 6 nitrogen and oxygen atoms in total. The lowest BCUT2D eigenvalue weighted by molar-refractivity contribution is -0.166. The van der Waals surface area contributed by atoms with Crippen LogP contribution in [0.5, 0.6) is 0 Å². The standard InChI is InChI=1S/C63H106O6/c1-4-7-10-13-16-19-22-24-26-27-28-29-30-31-32-33-34-35-37-38-41-44-47-50-53-56-62(65)68-59-60(58-67-61(64)55-52-49-46-43-40-21-18-15-12-9-6-3)69-63(66)57-54-51-48-45-42-39-36-25-23-20-17-14-11-8-5-2/h8,11,15,17-18,20,22,24-25,27-28,36,42,45,51,54,60H,4-7,9-10,12-14,16,19,21,23,26,29-35,37-41,43-44,46-50,52-53,55-59H2,1-3H3/b11-8-,18-15-,20-17-,24-22-,28-27-,36-25-,45-42-,54-51-. The molecule has 0 fully saturated rings. The molecule has 0 aliphatic heterocycles. The van der Waals surface area contributed by atoms with Crippen molar-refractivity contribution in [3.8, 4) is 0 Å². The van der Waals surface area contributed by atoms with Crippen LogP contribution < -0.4 is 0 Å². The second kappa shape index (κ2) is 56.9. The number of esters is 3. The molecule has 0 rings (SSSR count). The Hall–Kier alpha value is -3.67. The van der Waals surface area contributed by atoms with Gasteiger partial charge >= 0.3 is 17.9 Å². The van der Waals surface area contributed by atoms with Crippen molar-refractivity contribution in [1.29, 1.82) is 0 Å². The van der Waals surface area contributed by atoms with Crippen molar-refractivity contribution >= 4 is 17.9 Å². The first-order valence-electron chi connectivity index (χ1n) is 28.7. The van der Waals surface area contributed by atoms with Crippen LogP contribution >= 0.6 is 0 Å². The molecule has 69 heavy (non-hydrogen) atoms. The van der Waals surface area contributed by atoms with Crippen molar-refractivity contribution in [2.45, 2.75) is 271 Å². The van der Waals surface area contributed by atoms with E-state index in [1.54, 1.807) is 6.08 Å². The van der Waals surface area contributed by atoms with Gasteiger partial charge < -0.3 is 14.2 Å². The van der Waals surface area contributed by atoms with Gasteiger partial charge in [0.15, 0.2) is 6.10 Å². The molecule has 0 amide bonds. The van der Waals surface area contributed by atoms with Gasteiger partial charge in [0.05, 0.1) is 6.42 Å². The maximum absolute atomic E-state index is 12.8. The maximum Gasteiger partial charge on any atom is 0.310 e. The molecule has 0 aromatic heterocycles. The number of ether oxygens (including phenoxy) is 3. The fourth-order valence-electron chi connectivity index (χ4n) is 7.76. The molecule has 394 valence electrons. The van der Waals surface area contributed by atoms with E-state index in [9.17, 15) is 14.4 Å². The topological polar surface area (TPSA) is 78.9 Å². The first-order chi connectivity index (χ1) is 34.0. The van der Waals surface area contributed by atoms with E-state index < -0.39 is 12.1 Å². The number of carbonyl (C=O) groups excluding carboxylic acids is 3. The number of hydrogen-bond donors (Lipinski definition) is 0. The van der Waals surface area contributed by atoms with Crippen LogP contribution in [0.3, 0.4) is 0 Å². The Morgan fingerprint density at radius 2 is 0.623 bits per heavy atom. The zero-order valence-corrected chi connectivity index (χ0v) is 45.0. The predicted octanol–water partition coefficient (Wildman–Crippen LogP) is 19.3. The van der Waals surface area contributed by atoms with Gasteiger partial charge in [-0.15, -0.1) is 0 Å². The molecule has 0 aromatic rings. The van der Waals surface area contributed by atoms with Crippen molar-refractivity contribution < 1.29 is 28.6 Å². The first kappa shape index (κ1) is 65.3. The van der Waals surface area contributed by atoms with Gasteiger partial charge in [-0.2, -0.15) is 0 Å². The summed E-state index contributed by atoms with van der Waals surface area (Å²) >= 11 is 0. The van der Waals surface area contributed by atoms with Gasteiger partial charge in [0, 0.05) is 12.8 Å². The van der Waals surface area contributed by atoms with Gasteiger partial charge in [0.2, 0.25) is 0 Å². The summed E-state index contributed by atoms with van der Waals surface area (Å²) in [6.45, 7) is 6.39. The zero-order valence-electron chi connectivity index (χ0n) is 45.0. The summed E-state index contributed by atoms with van der Waals surface area (Å²) in [5.74, 6) is -1.06. The van der Waals surface area contributed by atoms with Crippen molar-refractivity contribution in [2.24, 2.45) is 0 Å². The summed E-state index contributed by atoms with van der Waals surface area (Å²) in [4.78, 5) is 38.0. The maximum atomic E-state index is 12.8. The number of rotatable bonds is 51. The molecule has 0 spiro atoms. The molecule has 0 aromatic carbocycles. The Morgan fingerprint density at radius 3 is 1.01 bits per heavy atom. The minimum Gasteiger partial charge on any atom is -0.462 e. The van der Waals surface area contributed by atoms with E-state index in [-0.39, 0.29) is 31.6 Å². The monoisotopic (exact) mass is 959 g/mol. The largest absolute Gasteiger partial charge is 0.462 e. The van der Waals surface area contributed by atoms with Crippen molar-refractivity contribution in [3.63, 3.8) is 0 Å². The molecule has 1 unspecified atom stereocenters. The average Bonchev–Trinajstić information content (AvgIpc) is 3.35. The van der Waals surface area contributed by atoms with E-state index >= 15 is 0 Å². The second-order valence-electron chi connectivity index (χ2n) is 18.8. The van der Waals surface area contributed by atoms with E-state index in [1.807, 2.05) is 6.08 Å². The third-order valence-electron chi connectivity index (χ3n) is 12.1. The summed E-state index contributed by atoms with van der Waals surface area (Å²) in [6, 6.07) is 0. The minimum atomic E-state index is -0.835. The van der Waals surface area contributed by atoms with Gasteiger partial charge in [-0.25, -0.2) is 0 Å². The molecular weight excluding hydrogens is 853 g/mol. The van der Waals surface area contributed by atoms with Crippen LogP contribution in [0.15, 0.2) is 97.2 Å². The third-order valence-corrected chi connectivity index (χ3v) is 12.1. The Kier molecular flexibility index (Phi) is 53.9. The van der Waals surface area contributed by atoms with Crippen LogP contribution in [-0.4, -0.2) is 37.2 Å². The number of allylic oxidation sites excluding steroid dienone is 15. The highest BCUT2D eigenvalue weighted by Gasteiger charge is 2.19. The molecular formula is C63H106O6. The molecule has 0 saturated carbocycles. The summed E-state index contributed by atoms with van der Waals surface area (Å²) in [5, 5.41) is 0. The molecule has 0 N–H and O–H groups in total. The number of carbonyl (C=O) groups is 3. The van der Waals surface area contributed by atoms with Gasteiger partial charge in [-0.05, 0) is 96.3 Å². The van der Waals surface area contributed by atoms with E-state index in [1.165, 1.54) is 135 Å². The van der Waals surface area contributed by atoms with Gasteiger partial charge in [0.25, 0.3) is 0 Å². The van der Waals surface area contributed by atoms with Crippen molar-refractivity contribution in [3.05, 3.63) is 97.2 Å². The lowest BCUT2D eigenvalue weighted by Crippen LogP contribution is -2.30. The van der Waals surface area contributed by atoms with Crippen LogP contribution in [0.4, 0.5) is 0 Å². The van der Waals surface area contributed by atoms with Crippen LogP contribution in [0.2, 0.25) is 0 Å². The normalized spacial score (nSPS) is 12.8. The minimum absolute atomic E-state index is 0.0940. The molecule has 0 bridgehead atoms. The van der Waals surface area contributed by atoms with Crippen molar-refractivity contribution in [1.82, 2.24) is 0 Å². The summed E-state index contributed by atoms with van der Waals surface area (Å²) in [5.41, 5.74) is 0. The van der Waals surface area contributed by atoms with Crippen LogP contribution in [0, 0.1) is 0 Å². The molecule has 1 atom stereocenters. The second-order valence-corrected chi connectivity index (χ2v) is 18.8. The average molecular weight is 960 g/mol. The van der Waals surface area contributed by atoms with Gasteiger partial charge in [-0.3, -0.25) is 14.4 Å². The molecule has 0 aliphatic rings. The Morgan fingerprint density at radius 1 is 0.319 bits per heavy atom. The Balaban J connectivity index is 4.34. The molecule has 0 aliphatic carbocycles. The Bertz CT molecular complexity index is 1380. The quantitative estimate of drug-likeness (QED) is 0.0262. The highest BCUT2D eigenvalue weighted by atomic mass is 16.6. The first-order valence-corrected chi connectivity index (χ1v) is 28.7. The summed E-state index contributed by atoms with van der Waals surface area (Å²) in [6.07, 6.45) is 75.8. The SMILES string of the molecule is CC/C=C\C/C=C\C/C=C\C/C=C\C/C=C\CC(=O)OC(COC(=O)CCCCCCC/C=C\CCCC)COC(=O)CCCCCCCCCCCCCCC/C=C\C/C=C\CCCCCCC. The lowest BCUT2D eigenvalue weighted by Gasteiger charge is -2.18. The van der Waals surface area contributed by atoms with Gasteiger partial charge in [0.1, 0.15) is 13.2 Å². The van der Waals surface area contributed by atoms with Crippen LogP contribution in [0.25, 0.3) is 0 Å².